The minimum Gasteiger partial charge on any atom is -0.367 e. The number of carbonyl (C=O) groups is 1. The molecule has 124 valence electrons. The number of nitrogens with one attached hydrogen (secondary N) is 1. The third kappa shape index (κ3) is 3.65. The summed E-state index contributed by atoms with van der Waals surface area (Å²) < 4.78 is 5.03. The highest BCUT2D eigenvalue weighted by Gasteiger charge is 2.23. The summed E-state index contributed by atoms with van der Waals surface area (Å²) in [6.45, 7) is 2.57. The molecule has 2 aromatic heterocycles. The van der Waals surface area contributed by atoms with E-state index in [0.29, 0.717) is 17.8 Å². The number of amides is 1. The Kier molecular flexibility index (Phi) is 4.96. The number of carbonyl (C=O) groups excluding carboxylic acids is 1. The van der Waals surface area contributed by atoms with Crippen molar-refractivity contribution < 1.29 is 9.32 Å². The maximum Gasteiger partial charge on any atom is 0.259 e. The highest BCUT2D eigenvalue weighted by molar-refractivity contribution is 7.15. The van der Waals surface area contributed by atoms with Gasteiger partial charge in [0.05, 0.1) is 4.88 Å². The number of hydrogen-bond donors (Lipinski definition) is 2. The fourth-order valence-electron chi connectivity index (χ4n) is 2.48. The summed E-state index contributed by atoms with van der Waals surface area (Å²) >= 11 is 1.55. The van der Waals surface area contributed by atoms with Gasteiger partial charge in [-0.1, -0.05) is 35.5 Å². The minimum atomic E-state index is -0.247. The van der Waals surface area contributed by atoms with E-state index >= 15 is 0 Å². The van der Waals surface area contributed by atoms with E-state index in [-0.39, 0.29) is 11.8 Å². The van der Waals surface area contributed by atoms with Gasteiger partial charge in [-0.05, 0) is 37.5 Å². The van der Waals surface area contributed by atoms with Gasteiger partial charge in [0.15, 0.2) is 0 Å². The van der Waals surface area contributed by atoms with Crippen molar-refractivity contribution in [1.82, 2.24) is 10.5 Å². The monoisotopic (exact) mass is 341 g/mol. The summed E-state index contributed by atoms with van der Waals surface area (Å²) in [4.78, 5) is 14.5. The SMILES string of the molecule is Cc1ccc(-c2noc(N)c2C(=O)NCCCc2ccccc2)s1. The fourth-order valence-corrected chi connectivity index (χ4v) is 3.33. The Balaban J connectivity index is 1.62. The van der Waals surface area contributed by atoms with Crippen molar-refractivity contribution in [2.45, 2.75) is 19.8 Å². The van der Waals surface area contributed by atoms with Crippen molar-refractivity contribution >= 4 is 23.1 Å². The second-order valence-corrected chi connectivity index (χ2v) is 6.81. The Bertz CT molecular complexity index is 824. The molecule has 0 fully saturated rings. The summed E-state index contributed by atoms with van der Waals surface area (Å²) in [6, 6.07) is 14.1. The molecular formula is C18H19N3O2S. The zero-order chi connectivity index (χ0) is 16.9. The van der Waals surface area contributed by atoms with Gasteiger partial charge >= 0.3 is 0 Å². The molecule has 0 aliphatic rings. The molecule has 6 heteroatoms. The average Bonchev–Trinajstić information content (AvgIpc) is 3.18. The fraction of sp³-hybridized carbons (Fsp3) is 0.222. The molecule has 3 aromatic rings. The normalized spacial score (nSPS) is 10.7. The van der Waals surface area contributed by atoms with E-state index in [2.05, 4.69) is 22.6 Å². The van der Waals surface area contributed by atoms with Crippen molar-refractivity contribution in [3.63, 3.8) is 0 Å². The molecule has 0 atom stereocenters. The molecule has 1 amide bonds. The van der Waals surface area contributed by atoms with Crippen LogP contribution in [0.5, 0.6) is 0 Å². The molecule has 0 bridgehead atoms. The van der Waals surface area contributed by atoms with Crippen LogP contribution in [-0.2, 0) is 6.42 Å². The molecule has 0 aliphatic carbocycles. The van der Waals surface area contributed by atoms with Crippen LogP contribution in [0.15, 0.2) is 47.0 Å². The Morgan fingerprint density at radius 3 is 2.75 bits per heavy atom. The highest BCUT2D eigenvalue weighted by atomic mass is 32.1. The molecule has 5 nitrogen and oxygen atoms in total. The highest BCUT2D eigenvalue weighted by Crippen LogP contribution is 2.32. The molecule has 0 saturated carbocycles. The van der Waals surface area contributed by atoms with E-state index in [4.69, 9.17) is 10.3 Å². The van der Waals surface area contributed by atoms with E-state index in [1.165, 1.54) is 5.56 Å². The van der Waals surface area contributed by atoms with Gasteiger partial charge in [-0.15, -0.1) is 11.3 Å². The van der Waals surface area contributed by atoms with Gasteiger partial charge in [-0.2, -0.15) is 0 Å². The predicted molar refractivity (Wildman–Crippen MR) is 96.1 cm³/mol. The van der Waals surface area contributed by atoms with Gasteiger partial charge in [0.1, 0.15) is 11.3 Å². The Morgan fingerprint density at radius 2 is 2.04 bits per heavy atom. The first-order valence-electron chi connectivity index (χ1n) is 7.79. The van der Waals surface area contributed by atoms with Crippen LogP contribution in [0.2, 0.25) is 0 Å². The summed E-state index contributed by atoms with van der Waals surface area (Å²) in [5.41, 5.74) is 7.87. The van der Waals surface area contributed by atoms with Gasteiger partial charge in [0, 0.05) is 11.4 Å². The van der Waals surface area contributed by atoms with Crippen molar-refractivity contribution in [2.75, 3.05) is 12.3 Å². The lowest BCUT2D eigenvalue weighted by Crippen LogP contribution is -2.25. The summed E-state index contributed by atoms with van der Waals surface area (Å²) in [6.07, 6.45) is 1.77. The van der Waals surface area contributed by atoms with Crippen LogP contribution in [0, 0.1) is 6.92 Å². The number of nitrogens with zero attached hydrogens (tertiary/aromatic N) is 1. The number of nitrogens with two attached hydrogens (primary N) is 1. The maximum absolute atomic E-state index is 12.5. The Hall–Kier alpha value is -2.60. The van der Waals surface area contributed by atoms with Crippen molar-refractivity contribution in [1.29, 1.82) is 0 Å². The molecule has 3 rings (SSSR count). The van der Waals surface area contributed by atoms with Crippen molar-refractivity contribution in [3.05, 3.63) is 58.5 Å². The van der Waals surface area contributed by atoms with Gasteiger partial charge in [0.2, 0.25) is 5.88 Å². The second-order valence-electron chi connectivity index (χ2n) is 5.53. The molecule has 2 heterocycles. The standard InChI is InChI=1S/C18H19N3O2S/c1-12-9-10-14(24-12)16-15(17(19)23-21-16)18(22)20-11-5-8-13-6-3-2-4-7-13/h2-4,6-7,9-10H,5,8,11,19H2,1H3,(H,20,22). The van der Waals surface area contributed by atoms with Crippen LogP contribution in [-0.4, -0.2) is 17.6 Å². The number of aromatic nitrogens is 1. The minimum absolute atomic E-state index is 0.0524. The van der Waals surface area contributed by atoms with E-state index in [9.17, 15) is 4.79 Å². The number of aryl methyl sites for hydroxylation is 2. The third-order valence-corrected chi connectivity index (χ3v) is 4.70. The molecule has 24 heavy (non-hydrogen) atoms. The number of benzene rings is 1. The van der Waals surface area contributed by atoms with E-state index in [1.807, 2.05) is 37.3 Å². The van der Waals surface area contributed by atoms with Crippen molar-refractivity contribution in [2.24, 2.45) is 0 Å². The molecule has 0 radical (unpaired) electrons. The van der Waals surface area contributed by atoms with Gasteiger partial charge in [-0.25, -0.2) is 0 Å². The molecule has 0 saturated heterocycles. The Labute approximate surface area is 144 Å². The lowest BCUT2D eigenvalue weighted by Gasteiger charge is -2.05. The second kappa shape index (κ2) is 7.31. The first-order valence-corrected chi connectivity index (χ1v) is 8.61. The third-order valence-electron chi connectivity index (χ3n) is 3.69. The van der Waals surface area contributed by atoms with Crippen LogP contribution in [0.3, 0.4) is 0 Å². The van der Waals surface area contributed by atoms with Crippen molar-refractivity contribution in [3.8, 4) is 10.6 Å². The molecule has 1 aromatic carbocycles. The molecule has 0 unspecified atom stereocenters. The Morgan fingerprint density at radius 1 is 1.25 bits per heavy atom. The topological polar surface area (TPSA) is 81.2 Å². The zero-order valence-corrected chi connectivity index (χ0v) is 14.2. The summed E-state index contributed by atoms with van der Waals surface area (Å²) in [5.74, 6) is -0.195. The maximum atomic E-state index is 12.5. The summed E-state index contributed by atoms with van der Waals surface area (Å²) in [5, 5.41) is 6.84. The summed E-state index contributed by atoms with van der Waals surface area (Å²) in [7, 11) is 0. The number of nitrogen functional groups attached to an aromatic ring is 1. The van der Waals surface area contributed by atoms with Gasteiger partial charge in [-0.3, -0.25) is 4.79 Å². The first kappa shape index (κ1) is 16.3. The lowest BCUT2D eigenvalue weighted by atomic mass is 10.1. The molecule has 0 spiro atoms. The largest absolute Gasteiger partial charge is 0.367 e. The predicted octanol–water partition coefficient (Wildman–Crippen LogP) is 3.66. The van der Waals surface area contributed by atoms with Crippen LogP contribution < -0.4 is 11.1 Å². The van der Waals surface area contributed by atoms with Crippen LogP contribution in [0.25, 0.3) is 10.6 Å². The first-order chi connectivity index (χ1) is 11.6. The van der Waals surface area contributed by atoms with Crippen LogP contribution in [0.1, 0.15) is 27.2 Å². The molecule has 0 aliphatic heterocycles. The number of thiophene rings is 1. The number of hydrogen-bond acceptors (Lipinski definition) is 5. The number of anilines is 1. The molecular weight excluding hydrogens is 322 g/mol. The van der Waals surface area contributed by atoms with E-state index in [0.717, 1.165) is 22.6 Å². The zero-order valence-electron chi connectivity index (χ0n) is 13.4. The average molecular weight is 341 g/mol. The van der Waals surface area contributed by atoms with E-state index in [1.54, 1.807) is 11.3 Å². The lowest BCUT2D eigenvalue weighted by molar-refractivity contribution is 0.0954. The van der Waals surface area contributed by atoms with Gasteiger partial charge < -0.3 is 15.6 Å². The van der Waals surface area contributed by atoms with E-state index < -0.39 is 0 Å². The quantitative estimate of drug-likeness (QED) is 0.671. The van der Waals surface area contributed by atoms with Crippen LogP contribution >= 0.6 is 11.3 Å². The van der Waals surface area contributed by atoms with Crippen LogP contribution in [0.4, 0.5) is 5.88 Å². The smallest absolute Gasteiger partial charge is 0.259 e. The number of rotatable bonds is 6. The van der Waals surface area contributed by atoms with Gasteiger partial charge in [0.25, 0.3) is 5.91 Å². The molecule has 3 N–H and O–H groups in total.